The van der Waals surface area contributed by atoms with Crippen LogP contribution in [0, 0.1) is 6.92 Å². The molecule has 1 fully saturated rings. The summed E-state index contributed by atoms with van der Waals surface area (Å²) in [6.45, 7) is 4.39. The Morgan fingerprint density at radius 3 is 2.74 bits per heavy atom. The first-order valence-corrected chi connectivity index (χ1v) is 7.89. The van der Waals surface area contributed by atoms with Gasteiger partial charge in [0.25, 0.3) is 0 Å². The summed E-state index contributed by atoms with van der Waals surface area (Å²) in [5.74, 6) is 0. The molecule has 1 aliphatic rings. The molecule has 7 nitrogen and oxygen atoms in total. The van der Waals surface area contributed by atoms with Crippen molar-refractivity contribution in [2.24, 2.45) is 0 Å². The summed E-state index contributed by atoms with van der Waals surface area (Å²) >= 11 is 0. The molecule has 0 atom stereocenters. The summed E-state index contributed by atoms with van der Waals surface area (Å²) in [4.78, 5) is 2.30. The first-order valence-electron chi connectivity index (χ1n) is 6.41. The molecule has 1 aromatic rings. The van der Waals surface area contributed by atoms with Crippen LogP contribution in [-0.4, -0.2) is 54.8 Å². The van der Waals surface area contributed by atoms with Crippen molar-refractivity contribution >= 4 is 10.0 Å². The van der Waals surface area contributed by atoms with Crippen molar-refractivity contribution < 1.29 is 13.5 Å². The summed E-state index contributed by atoms with van der Waals surface area (Å²) in [7, 11) is -3.61. The molecule has 0 spiro atoms. The van der Waals surface area contributed by atoms with Crippen molar-refractivity contribution in [1.29, 1.82) is 0 Å². The molecule has 1 aromatic heterocycles. The average molecular weight is 288 g/mol. The minimum atomic E-state index is -3.61. The smallest absolute Gasteiger partial charge is 0.244 e. The molecule has 0 bridgehead atoms. The highest BCUT2D eigenvalue weighted by Gasteiger charge is 2.23. The van der Waals surface area contributed by atoms with Gasteiger partial charge in [0.05, 0.1) is 12.3 Å². The first-order chi connectivity index (χ1) is 9.04. The molecule has 1 aliphatic heterocycles. The summed E-state index contributed by atoms with van der Waals surface area (Å²) in [5.41, 5.74) is 0.601. The van der Waals surface area contributed by atoms with Crippen LogP contribution in [-0.2, 0) is 16.6 Å². The second kappa shape index (κ2) is 6.00. The van der Waals surface area contributed by atoms with Gasteiger partial charge in [0, 0.05) is 13.1 Å². The lowest BCUT2D eigenvalue weighted by Gasteiger charge is -2.14. The van der Waals surface area contributed by atoms with Crippen molar-refractivity contribution in [3.63, 3.8) is 0 Å². The van der Waals surface area contributed by atoms with E-state index in [4.69, 9.17) is 5.11 Å². The second-order valence-electron chi connectivity index (χ2n) is 4.73. The Kier molecular flexibility index (Phi) is 4.56. The summed E-state index contributed by atoms with van der Waals surface area (Å²) in [5, 5.41) is 15.5. The topological polar surface area (TPSA) is 98.3 Å². The molecule has 2 rings (SSSR count). The second-order valence-corrected chi connectivity index (χ2v) is 6.43. The predicted molar refractivity (Wildman–Crippen MR) is 70.1 cm³/mol. The molecular formula is C11H20N4O3S. The highest BCUT2D eigenvalue weighted by molar-refractivity contribution is 7.89. The molecular weight excluding hydrogens is 268 g/mol. The minimum absolute atomic E-state index is 0.0661. The molecule has 108 valence electrons. The van der Waals surface area contributed by atoms with Gasteiger partial charge in [-0.1, -0.05) is 0 Å². The van der Waals surface area contributed by atoms with Gasteiger partial charge < -0.3 is 10.0 Å². The van der Waals surface area contributed by atoms with Crippen molar-refractivity contribution in [3.8, 4) is 0 Å². The van der Waals surface area contributed by atoms with E-state index >= 15 is 0 Å². The lowest BCUT2D eigenvalue weighted by Crippen LogP contribution is -2.34. The number of sulfonamides is 1. The van der Waals surface area contributed by atoms with Gasteiger partial charge in [-0.25, -0.2) is 13.1 Å². The lowest BCUT2D eigenvalue weighted by molar-refractivity contribution is 0.273. The van der Waals surface area contributed by atoms with E-state index in [-0.39, 0.29) is 10.6 Å². The Morgan fingerprint density at radius 1 is 1.42 bits per heavy atom. The Morgan fingerprint density at radius 2 is 2.11 bits per heavy atom. The normalized spacial score (nSPS) is 17.2. The SMILES string of the molecule is Cc1[nH]nc(CO)c1S(=O)(=O)NCCN1CCCC1. The highest BCUT2D eigenvalue weighted by atomic mass is 32.2. The fourth-order valence-corrected chi connectivity index (χ4v) is 3.72. The van der Waals surface area contributed by atoms with E-state index < -0.39 is 16.6 Å². The Labute approximate surface area is 113 Å². The molecule has 0 unspecified atom stereocenters. The number of aryl methyl sites for hydroxylation is 1. The Bertz CT molecular complexity index is 520. The molecule has 0 radical (unpaired) electrons. The van der Waals surface area contributed by atoms with E-state index in [9.17, 15) is 8.42 Å². The van der Waals surface area contributed by atoms with Crippen LogP contribution in [0.15, 0.2) is 4.90 Å². The average Bonchev–Trinajstić information content (AvgIpc) is 2.98. The molecule has 19 heavy (non-hydrogen) atoms. The maximum absolute atomic E-state index is 12.2. The quantitative estimate of drug-likeness (QED) is 0.660. The zero-order valence-corrected chi connectivity index (χ0v) is 11.8. The van der Waals surface area contributed by atoms with Crippen LogP contribution in [0.3, 0.4) is 0 Å². The zero-order chi connectivity index (χ0) is 13.9. The van der Waals surface area contributed by atoms with Crippen LogP contribution >= 0.6 is 0 Å². The number of hydrogen-bond acceptors (Lipinski definition) is 5. The predicted octanol–water partition coefficient (Wildman–Crippen LogP) is -0.415. The summed E-state index contributed by atoms with van der Waals surface area (Å²) in [6, 6.07) is 0. The van der Waals surface area contributed by atoms with Gasteiger partial charge in [0.15, 0.2) is 0 Å². The van der Waals surface area contributed by atoms with Crippen molar-refractivity contribution in [3.05, 3.63) is 11.4 Å². The Balaban J connectivity index is 1.99. The van der Waals surface area contributed by atoms with E-state index in [1.54, 1.807) is 6.92 Å². The summed E-state index contributed by atoms with van der Waals surface area (Å²) in [6.07, 6.45) is 2.37. The van der Waals surface area contributed by atoms with Gasteiger partial charge in [-0.05, 0) is 32.9 Å². The Hall–Kier alpha value is -0.960. The lowest BCUT2D eigenvalue weighted by atomic mass is 10.4. The molecule has 0 amide bonds. The number of aromatic amines is 1. The number of nitrogens with zero attached hydrogens (tertiary/aromatic N) is 2. The van der Waals surface area contributed by atoms with E-state index in [0.717, 1.165) is 13.1 Å². The van der Waals surface area contributed by atoms with Gasteiger partial charge in [-0.15, -0.1) is 0 Å². The van der Waals surface area contributed by atoms with E-state index in [0.29, 0.717) is 18.8 Å². The van der Waals surface area contributed by atoms with Crippen LogP contribution in [0.4, 0.5) is 0 Å². The fraction of sp³-hybridized carbons (Fsp3) is 0.727. The number of aliphatic hydroxyl groups is 1. The third kappa shape index (κ3) is 3.33. The van der Waals surface area contributed by atoms with Gasteiger partial charge in [0.1, 0.15) is 10.6 Å². The molecule has 0 aromatic carbocycles. The molecule has 2 heterocycles. The largest absolute Gasteiger partial charge is 0.390 e. The van der Waals surface area contributed by atoms with Crippen LogP contribution in [0.5, 0.6) is 0 Å². The third-order valence-electron chi connectivity index (χ3n) is 3.30. The van der Waals surface area contributed by atoms with Gasteiger partial charge in [-0.3, -0.25) is 5.10 Å². The molecule has 0 aliphatic carbocycles. The molecule has 1 saturated heterocycles. The molecule has 3 N–H and O–H groups in total. The van der Waals surface area contributed by atoms with Crippen molar-refractivity contribution in [2.45, 2.75) is 31.3 Å². The van der Waals surface area contributed by atoms with Crippen molar-refractivity contribution in [1.82, 2.24) is 19.8 Å². The monoisotopic (exact) mass is 288 g/mol. The standard InChI is InChI=1S/C11H20N4O3S/c1-9-11(10(8-16)14-13-9)19(17,18)12-4-7-15-5-2-3-6-15/h12,16H,2-8H2,1H3,(H,13,14). The molecule has 0 saturated carbocycles. The van der Waals surface area contributed by atoms with Crippen molar-refractivity contribution in [2.75, 3.05) is 26.2 Å². The van der Waals surface area contributed by atoms with Gasteiger partial charge >= 0.3 is 0 Å². The maximum Gasteiger partial charge on any atom is 0.244 e. The van der Waals surface area contributed by atoms with Crippen LogP contribution in [0.25, 0.3) is 0 Å². The number of aliphatic hydroxyl groups excluding tert-OH is 1. The highest BCUT2D eigenvalue weighted by Crippen LogP contribution is 2.17. The maximum atomic E-state index is 12.2. The van der Waals surface area contributed by atoms with Crippen LogP contribution in [0.1, 0.15) is 24.2 Å². The number of H-pyrrole nitrogens is 1. The number of rotatable bonds is 6. The number of likely N-dealkylation sites (tertiary alicyclic amines) is 1. The number of nitrogens with one attached hydrogen (secondary N) is 2. The van der Waals surface area contributed by atoms with Crippen LogP contribution < -0.4 is 4.72 Å². The number of hydrogen-bond donors (Lipinski definition) is 3. The van der Waals surface area contributed by atoms with E-state index in [1.165, 1.54) is 12.8 Å². The first kappa shape index (κ1) is 14.4. The minimum Gasteiger partial charge on any atom is -0.390 e. The molecule has 8 heteroatoms. The zero-order valence-electron chi connectivity index (χ0n) is 11.0. The van der Waals surface area contributed by atoms with Gasteiger partial charge in [0.2, 0.25) is 10.0 Å². The van der Waals surface area contributed by atoms with E-state index in [2.05, 4.69) is 19.8 Å². The van der Waals surface area contributed by atoms with E-state index in [1.807, 2.05) is 0 Å². The third-order valence-corrected chi connectivity index (χ3v) is 4.96. The fourth-order valence-electron chi connectivity index (χ4n) is 2.35. The number of aromatic nitrogens is 2. The van der Waals surface area contributed by atoms with Crippen LogP contribution in [0.2, 0.25) is 0 Å². The van der Waals surface area contributed by atoms with Gasteiger partial charge in [-0.2, -0.15) is 5.10 Å². The summed E-state index contributed by atoms with van der Waals surface area (Å²) < 4.78 is 26.9.